The number of anilines is 1. The molecule has 3 nitrogen and oxygen atoms in total. The van der Waals surface area contributed by atoms with Crippen molar-refractivity contribution in [2.24, 2.45) is 0 Å². The average molecular weight is 255 g/mol. The molecule has 0 unspecified atom stereocenters. The second kappa shape index (κ2) is 5.06. The van der Waals surface area contributed by atoms with E-state index < -0.39 is 17.3 Å². The molecule has 0 spiro atoms. The Hall–Kier alpha value is -1.07. The van der Waals surface area contributed by atoms with Gasteiger partial charge in [0, 0.05) is 5.69 Å². The van der Waals surface area contributed by atoms with E-state index in [4.69, 9.17) is 0 Å². The van der Waals surface area contributed by atoms with Crippen molar-refractivity contribution in [1.29, 1.82) is 0 Å². The van der Waals surface area contributed by atoms with Crippen LogP contribution < -0.4 is 5.32 Å². The van der Waals surface area contributed by atoms with E-state index in [1.807, 2.05) is 0 Å². The summed E-state index contributed by atoms with van der Waals surface area (Å²) < 4.78 is 12.9. The van der Waals surface area contributed by atoms with Gasteiger partial charge in [-0.15, -0.1) is 0 Å². The maximum atomic E-state index is 12.9. The molecule has 0 aliphatic carbocycles. The van der Waals surface area contributed by atoms with E-state index in [1.165, 1.54) is 18.2 Å². The summed E-state index contributed by atoms with van der Waals surface area (Å²) in [6.45, 7) is 0. The largest absolute Gasteiger partial charge is 0.380 e. The summed E-state index contributed by atoms with van der Waals surface area (Å²) in [7, 11) is 0. The van der Waals surface area contributed by atoms with Gasteiger partial charge in [-0.25, -0.2) is 4.39 Å². The van der Waals surface area contributed by atoms with E-state index in [-0.39, 0.29) is 0 Å². The van der Waals surface area contributed by atoms with E-state index in [9.17, 15) is 14.3 Å². The van der Waals surface area contributed by atoms with Gasteiger partial charge in [0.2, 0.25) is 0 Å². The molecule has 17 heavy (non-hydrogen) atoms. The van der Waals surface area contributed by atoms with Crippen LogP contribution in [-0.4, -0.2) is 28.1 Å². The molecule has 1 aliphatic rings. The third kappa shape index (κ3) is 2.98. The number of amides is 1. The highest BCUT2D eigenvalue weighted by molar-refractivity contribution is 7.99. The van der Waals surface area contributed by atoms with Crippen molar-refractivity contribution in [3.63, 3.8) is 0 Å². The molecule has 1 amide bonds. The Morgan fingerprint density at radius 2 is 2.12 bits per heavy atom. The number of aliphatic hydroxyl groups is 1. The normalized spacial score (nSPS) is 18.7. The summed E-state index contributed by atoms with van der Waals surface area (Å²) in [6.07, 6.45) is 0.887. The van der Waals surface area contributed by atoms with Gasteiger partial charge in [0.1, 0.15) is 11.4 Å². The number of hydrogen-bond donors (Lipinski definition) is 2. The van der Waals surface area contributed by atoms with E-state index in [0.717, 1.165) is 11.5 Å². The van der Waals surface area contributed by atoms with E-state index in [0.29, 0.717) is 18.5 Å². The fourth-order valence-electron chi connectivity index (χ4n) is 1.75. The maximum absolute atomic E-state index is 12.9. The van der Waals surface area contributed by atoms with Crippen molar-refractivity contribution in [2.75, 3.05) is 16.8 Å². The standard InChI is InChI=1S/C12H14FNO2S/c13-9-2-1-3-10(8-9)14-11(15)12(16)4-6-17-7-5-12/h1-3,8,16H,4-7H2,(H,14,15). The lowest BCUT2D eigenvalue weighted by Gasteiger charge is -2.30. The van der Waals surface area contributed by atoms with Crippen LogP contribution in [0.25, 0.3) is 0 Å². The fourth-order valence-corrected chi connectivity index (χ4v) is 2.92. The molecule has 0 radical (unpaired) electrons. The first kappa shape index (κ1) is 12.4. The van der Waals surface area contributed by atoms with Crippen LogP contribution in [0.3, 0.4) is 0 Å². The molecule has 0 bridgehead atoms. The monoisotopic (exact) mass is 255 g/mol. The van der Waals surface area contributed by atoms with Crippen molar-refractivity contribution in [3.8, 4) is 0 Å². The summed E-state index contributed by atoms with van der Waals surface area (Å²) in [5.74, 6) is 0.692. The molecule has 1 fully saturated rings. The molecular formula is C12H14FNO2S. The van der Waals surface area contributed by atoms with Crippen molar-refractivity contribution in [1.82, 2.24) is 0 Å². The maximum Gasteiger partial charge on any atom is 0.256 e. The Morgan fingerprint density at radius 3 is 2.76 bits per heavy atom. The lowest BCUT2D eigenvalue weighted by atomic mass is 9.95. The molecule has 1 saturated heterocycles. The van der Waals surface area contributed by atoms with Crippen LogP contribution in [0.2, 0.25) is 0 Å². The van der Waals surface area contributed by atoms with Gasteiger partial charge in [0.15, 0.2) is 0 Å². The number of carbonyl (C=O) groups excluding carboxylic acids is 1. The van der Waals surface area contributed by atoms with Gasteiger partial charge >= 0.3 is 0 Å². The zero-order valence-corrected chi connectivity index (χ0v) is 10.1. The van der Waals surface area contributed by atoms with Gasteiger partial charge in [-0.1, -0.05) is 6.07 Å². The molecule has 1 aromatic carbocycles. The first-order valence-electron chi connectivity index (χ1n) is 5.47. The van der Waals surface area contributed by atoms with Gasteiger partial charge in [0.05, 0.1) is 0 Å². The summed E-state index contributed by atoms with van der Waals surface area (Å²) in [5.41, 5.74) is -0.931. The number of nitrogens with one attached hydrogen (secondary N) is 1. The van der Waals surface area contributed by atoms with Crippen LogP contribution in [-0.2, 0) is 4.79 Å². The van der Waals surface area contributed by atoms with Gasteiger partial charge in [-0.3, -0.25) is 4.79 Å². The molecule has 0 atom stereocenters. The average Bonchev–Trinajstić information content (AvgIpc) is 2.30. The summed E-state index contributed by atoms with van der Waals surface area (Å²) >= 11 is 1.72. The SMILES string of the molecule is O=C(Nc1cccc(F)c1)C1(O)CCSCC1. The first-order chi connectivity index (χ1) is 8.10. The summed E-state index contributed by atoms with van der Waals surface area (Å²) in [5, 5.41) is 12.7. The molecule has 5 heteroatoms. The van der Waals surface area contributed by atoms with E-state index in [2.05, 4.69) is 5.32 Å². The second-order valence-electron chi connectivity index (χ2n) is 4.11. The Kier molecular flexibility index (Phi) is 3.69. The van der Waals surface area contributed by atoms with Crippen molar-refractivity contribution < 1.29 is 14.3 Å². The third-order valence-electron chi connectivity index (χ3n) is 2.83. The molecule has 1 aromatic rings. The minimum atomic E-state index is -1.31. The van der Waals surface area contributed by atoms with Gasteiger partial charge < -0.3 is 10.4 Å². The van der Waals surface area contributed by atoms with Crippen LogP contribution in [0, 0.1) is 5.82 Å². The highest BCUT2D eigenvalue weighted by Gasteiger charge is 2.37. The molecule has 1 aliphatic heterocycles. The van der Waals surface area contributed by atoms with E-state index in [1.54, 1.807) is 17.8 Å². The Labute approximate surface area is 103 Å². The summed E-state index contributed by atoms with van der Waals surface area (Å²) in [4.78, 5) is 11.9. The third-order valence-corrected chi connectivity index (χ3v) is 3.81. The highest BCUT2D eigenvalue weighted by Crippen LogP contribution is 2.28. The zero-order valence-electron chi connectivity index (χ0n) is 9.28. The predicted octanol–water partition coefficient (Wildman–Crippen LogP) is 2.02. The van der Waals surface area contributed by atoms with Crippen molar-refractivity contribution in [2.45, 2.75) is 18.4 Å². The number of benzene rings is 1. The topological polar surface area (TPSA) is 49.3 Å². The zero-order chi connectivity index (χ0) is 12.3. The highest BCUT2D eigenvalue weighted by atomic mass is 32.2. The number of halogens is 1. The van der Waals surface area contributed by atoms with Crippen molar-refractivity contribution in [3.05, 3.63) is 30.1 Å². The lowest BCUT2D eigenvalue weighted by molar-refractivity contribution is -0.134. The second-order valence-corrected chi connectivity index (χ2v) is 5.33. The van der Waals surface area contributed by atoms with Crippen LogP contribution in [0.4, 0.5) is 10.1 Å². The first-order valence-corrected chi connectivity index (χ1v) is 6.63. The molecule has 0 saturated carbocycles. The van der Waals surface area contributed by atoms with Gasteiger partial charge in [-0.05, 0) is 42.5 Å². The van der Waals surface area contributed by atoms with E-state index >= 15 is 0 Å². The predicted molar refractivity (Wildman–Crippen MR) is 66.5 cm³/mol. The fraction of sp³-hybridized carbons (Fsp3) is 0.417. The van der Waals surface area contributed by atoms with Crippen LogP contribution in [0.1, 0.15) is 12.8 Å². The number of carbonyl (C=O) groups is 1. The summed E-state index contributed by atoms with van der Waals surface area (Å²) in [6, 6.07) is 5.66. The minimum absolute atomic E-state index is 0.377. The van der Waals surface area contributed by atoms with Gasteiger partial charge in [0.25, 0.3) is 5.91 Å². The minimum Gasteiger partial charge on any atom is -0.380 e. The number of thioether (sulfide) groups is 1. The Bertz CT molecular complexity index is 419. The van der Waals surface area contributed by atoms with Crippen LogP contribution in [0.15, 0.2) is 24.3 Å². The number of hydrogen-bond acceptors (Lipinski definition) is 3. The smallest absolute Gasteiger partial charge is 0.256 e. The Balaban J connectivity index is 2.05. The van der Waals surface area contributed by atoms with Gasteiger partial charge in [-0.2, -0.15) is 11.8 Å². The van der Waals surface area contributed by atoms with Crippen LogP contribution >= 0.6 is 11.8 Å². The number of rotatable bonds is 2. The lowest BCUT2D eigenvalue weighted by Crippen LogP contribution is -2.45. The molecule has 2 rings (SSSR count). The molecule has 1 heterocycles. The van der Waals surface area contributed by atoms with Crippen molar-refractivity contribution >= 4 is 23.4 Å². The Morgan fingerprint density at radius 1 is 1.41 bits per heavy atom. The molecular weight excluding hydrogens is 241 g/mol. The van der Waals surface area contributed by atoms with Crippen LogP contribution in [0.5, 0.6) is 0 Å². The quantitative estimate of drug-likeness (QED) is 0.850. The molecule has 92 valence electrons. The molecule has 2 N–H and O–H groups in total. The molecule has 0 aromatic heterocycles.